The molecule has 1 aromatic heterocycles. The van der Waals surface area contributed by atoms with E-state index >= 15 is 0 Å². The Balaban J connectivity index is 1.90. The summed E-state index contributed by atoms with van der Waals surface area (Å²) in [5.41, 5.74) is 5.55. The van der Waals surface area contributed by atoms with E-state index < -0.39 is 0 Å². The van der Waals surface area contributed by atoms with Gasteiger partial charge in [-0.15, -0.1) is 11.3 Å². The highest BCUT2D eigenvalue weighted by molar-refractivity contribution is 7.17. The highest BCUT2D eigenvalue weighted by atomic mass is 35.5. The van der Waals surface area contributed by atoms with E-state index in [4.69, 9.17) is 17.3 Å². The number of likely N-dealkylation sites (tertiary alicyclic amines) is 1. The van der Waals surface area contributed by atoms with Crippen LogP contribution >= 0.6 is 22.9 Å². The maximum atomic E-state index is 12.1. The van der Waals surface area contributed by atoms with Gasteiger partial charge in [-0.25, -0.2) is 0 Å². The first-order chi connectivity index (χ1) is 8.20. The molecule has 1 saturated heterocycles. The Morgan fingerprint density at radius 3 is 2.71 bits per heavy atom. The van der Waals surface area contributed by atoms with Gasteiger partial charge in [-0.1, -0.05) is 11.6 Å². The van der Waals surface area contributed by atoms with E-state index in [1.54, 1.807) is 12.1 Å². The van der Waals surface area contributed by atoms with Crippen molar-refractivity contribution in [3.8, 4) is 0 Å². The van der Waals surface area contributed by atoms with Gasteiger partial charge in [0.05, 0.1) is 9.21 Å². The second kappa shape index (κ2) is 5.85. The Bertz CT molecular complexity index is 386. The Morgan fingerprint density at radius 1 is 1.47 bits per heavy atom. The molecule has 0 radical (unpaired) electrons. The van der Waals surface area contributed by atoms with Crippen LogP contribution in [0.5, 0.6) is 0 Å². The summed E-state index contributed by atoms with van der Waals surface area (Å²) < 4.78 is 0.673. The van der Waals surface area contributed by atoms with Crippen LogP contribution in [0.2, 0.25) is 4.34 Å². The molecule has 1 fully saturated rings. The Morgan fingerprint density at radius 2 is 2.18 bits per heavy atom. The second-order valence-corrected chi connectivity index (χ2v) is 6.13. The van der Waals surface area contributed by atoms with Crippen molar-refractivity contribution in [2.24, 2.45) is 11.7 Å². The topological polar surface area (TPSA) is 46.3 Å². The molecule has 2 N–H and O–H groups in total. The summed E-state index contributed by atoms with van der Waals surface area (Å²) in [6.07, 6.45) is 3.22. The van der Waals surface area contributed by atoms with Crippen LogP contribution in [-0.4, -0.2) is 30.4 Å². The molecule has 0 bridgehead atoms. The molecule has 0 aliphatic carbocycles. The molecule has 3 nitrogen and oxygen atoms in total. The molecule has 5 heteroatoms. The molecule has 0 atom stereocenters. The molecule has 0 spiro atoms. The van der Waals surface area contributed by atoms with E-state index in [0.29, 0.717) is 10.3 Å². The van der Waals surface area contributed by atoms with Gasteiger partial charge in [0.1, 0.15) is 0 Å². The number of nitrogens with zero attached hydrogens (tertiary/aromatic N) is 1. The van der Waals surface area contributed by atoms with Crippen LogP contribution in [0.25, 0.3) is 0 Å². The van der Waals surface area contributed by atoms with E-state index in [-0.39, 0.29) is 5.91 Å². The number of halogens is 1. The molecule has 1 aliphatic rings. The van der Waals surface area contributed by atoms with Crippen LogP contribution < -0.4 is 5.73 Å². The minimum Gasteiger partial charge on any atom is -0.338 e. The fraction of sp³-hybridized carbons (Fsp3) is 0.583. The molecule has 1 aliphatic heterocycles. The molecule has 94 valence electrons. The van der Waals surface area contributed by atoms with Gasteiger partial charge >= 0.3 is 0 Å². The number of piperidine rings is 1. The zero-order valence-electron chi connectivity index (χ0n) is 9.69. The summed E-state index contributed by atoms with van der Waals surface area (Å²) in [4.78, 5) is 14.8. The lowest BCUT2D eigenvalue weighted by Gasteiger charge is -2.31. The highest BCUT2D eigenvalue weighted by Crippen LogP contribution is 2.25. The number of amides is 1. The average molecular weight is 273 g/mol. The minimum absolute atomic E-state index is 0.119. The molecule has 1 aromatic rings. The summed E-state index contributed by atoms with van der Waals surface area (Å²) in [5, 5.41) is 0. The van der Waals surface area contributed by atoms with Crippen molar-refractivity contribution in [3.63, 3.8) is 0 Å². The van der Waals surface area contributed by atoms with Gasteiger partial charge in [0.25, 0.3) is 5.91 Å². The maximum Gasteiger partial charge on any atom is 0.263 e. The minimum atomic E-state index is 0.119. The van der Waals surface area contributed by atoms with Gasteiger partial charge in [0, 0.05) is 13.1 Å². The van der Waals surface area contributed by atoms with Crippen LogP contribution in [0.3, 0.4) is 0 Å². The summed E-state index contributed by atoms with van der Waals surface area (Å²) in [7, 11) is 0. The predicted octanol–water partition coefficient (Wildman–Crippen LogP) is 2.60. The molecule has 0 saturated carbocycles. The molecule has 2 heterocycles. The fourth-order valence-electron chi connectivity index (χ4n) is 2.25. The first kappa shape index (κ1) is 12.9. The molecule has 2 rings (SSSR count). The maximum absolute atomic E-state index is 12.1. The number of thiophene rings is 1. The Hall–Kier alpha value is -0.580. The highest BCUT2D eigenvalue weighted by Gasteiger charge is 2.23. The molecule has 0 unspecified atom stereocenters. The summed E-state index contributed by atoms with van der Waals surface area (Å²) in [5.74, 6) is 0.809. The lowest BCUT2D eigenvalue weighted by atomic mass is 9.93. The Kier molecular flexibility index (Phi) is 4.42. The van der Waals surface area contributed by atoms with Crippen LogP contribution in [0, 0.1) is 5.92 Å². The number of carbonyl (C=O) groups is 1. The first-order valence-electron chi connectivity index (χ1n) is 5.95. The van der Waals surface area contributed by atoms with Crippen molar-refractivity contribution in [2.45, 2.75) is 19.3 Å². The fourth-order valence-corrected chi connectivity index (χ4v) is 3.26. The van der Waals surface area contributed by atoms with Crippen molar-refractivity contribution in [1.29, 1.82) is 0 Å². The third-order valence-electron chi connectivity index (χ3n) is 3.26. The smallest absolute Gasteiger partial charge is 0.263 e. The lowest BCUT2D eigenvalue weighted by Crippen LogP contribution is -2.38. The molecule has 1 amide bonds. The zero-order valence-corrected chi connectivity index (χ0v) is 11.3. The van der Waals surface area contributed by atoms with Crippen molar-refractivity contribution in [2.75, 3.05) is 19.6 Å². The number of hydrogen-bond donors (Lipinski definition) is 1. The third kappa shape index (κ3) is 3.21. The van der Waals surface area contributed by atoms with Gasteiger partial charge in [0.2, 0.25) is 0 Å². The average Bonchev–Trinajstić information content (AvgIpc) is 2.76. The first-order valence-corrected chi connectivity index (χ1v) is 7.15. The molecular weight excluding hydrogens is 256 g/mol. The molecule has 0 aromatic carbocycles. The predicted molar refractivity (Wildman–Crippen MR) is 71.6 cm³/mol. The van der Waals surface area contributed by atoms with E-state index in [1.165, 1.54) is 11.3 Å². The number of rotatable bonds is 3. The van der Waals surface area contributed by atoms with E-state index in [9.17, 15) is 4.79 Å². The van der Waals surface area contributed by atoms with Crippen molar-refractivity contribution in [1.82, 2.24) is 4.90 Å². The summed E-state index contributed by atoms with van der Waals surface area (Å²) in [6.45, 7) is 2.44. The van der Waals surface area contributed by atoms with E-state index in [1.807, 2.05) is 4.90 Å². The van der Waals surface area contributed by atoms with Gasteiger partial charge in [0.15, 0.2) is 0 Å². The van der Waals surface area contributed by atoms with E-state index in [0.717, 1.165) is 43.8 Å². The van der Waals surface area contributed by atoms with Crippen molar-refractivity contribution < 1.29 is 4.79 Å². The van der Waals surface area contributed by atoms with Gasteiger partial charge in [-0.05, 0) is 43.9 Å². The van der Waals surface area contributed by atoms with E-state index in [2.05, 4.69) is 0 Å². The second-order valence-electron chi connectivity index (χ2n) is 4.42. The summed E-state index contributed by atoms with van der Waals surface area (Å²) in [6, 6.07) is 3.59. The van der Waals surface area contributed by atoms with Crippen LogP contribution in [0.1, 0.15) is 28.9 Å². The summed E-state index contributed by atoms with van der Waals surface area (Å²) >= 11 is 7.20. The number of nitrogens with two attached hydrogens (primary N) is 1. The third-order valence-corrected chi connectivity index (χ3v) is 4.48. The lowest BCUT2D eigenvalue weighted by molar-refractivity contribution is 0.0693. The van der Waals surface area contributed by atoms with Gasteiger partial charge in [-0.3, -0.25) is 4.79 Å². The normalized spacial score (nSPS) is 17.4. The van der Waals surface area contributed by atoms with Crippen LogP contribution in [-0.2, 0) is 0 Å². The number of hydrogen-bond acceptors (Lipinski definition) is 3. The van der Waals surface area contributed by atoms with Gasteiger partial charge < -0.3 is 10.6 Å². The molecular formula is C12H17ClN2OS. The molecule has 17 heavy (non-hydrogen) atoms. The quantitative estimate of drug-likeness (QED) is 0.919. The van der Waals surface area contributed by atoms with Crippen molar-refractivity contribution >= 4 is 28.8 Å². The SMILES string of the molecule is NCCC1CCN(C(=O)c2ccc(Cl)s2)CC1. The monoisotopic (exact) mass is 272 g/mol. The van der Waals surface area contributed by atoms with Crippen molar-refractivity contribution in [3.05, 3.63) is 21.3 Å². The Labute approximate surface area is 111 Å². The largest absolute Gasteiger partial charge is 0.338 e. The number of carbonyl (C=O) groups excluding carboxylic acids is 1. The van der Waals surface area contributed by atoms with Crippen LogP contribution in [0.15, 0.2) is 12.1 Å². The zero-order chi connectivity index (χ0) is 12.3. The van der Waals surface area contributed by atoms with Gasteiger partial charge in [-0.2, -0.15) is 0 Å². The standard InChI is InChI=1S/C12H17ClN2OS/c13-11-2-1-10(17-11)12(16)15-7-4-9(3-6-14)5-8-15/h1-2,9H,3-8,14H2. The van der Waals surface area contributed by atoms with Crippen LogP contribution in [0.4, 0.5) is 0 Å².